The van der Waals surface area contributed by atoms with Crippen molar-refractivity contribution in [3.05, 3.63) is 134 Å². The lowest BCUT2D eigenvalue weighted by Crippen LogP contribution is -2.30. The highest BCUT2D eigenvalue weighted by Crippen LogP contribution is 2.54. The number of hydrogen-bond donors (Lipinski definition) is 0. The van der Waals surface area contributed by atoms with Crippen molar-refractivity contribution in [1.29, 1.82) is 0 Å². The molecule has 4 nitrogen and oxygen atoms in total. The molecule has 3 atom stereocenters. The van der Waals surface area contributed by atoms with Crippen molar-refractivity contribution in [2.45, 2.75) is 226 Å². The van der Waals surface area contributed by atoms with Crippen molar-refractivity contribution >= 4 is 48.7 Å². The van der Waals surface area contributed by atoms with Gasteiger partial charge in [0.15, 0.2) is 0 Å². The van der Waals surface area contributed by atoms with Crippen molar-refractivity contribution in [2.75, 3.05) is 0 Å². The summed E-state index contributed by atoms with van der Waals surface area (Å²) in [7, 11) is -3.29. The first-order chi connectivity index (χ1) is 34.3. The van der Waals surface area contributed by atoms with E-state index in [9.17, 15) is 0 Å². The third kappa shape index (κ3) is 14.3. The molecule has 3 aromatic carbocycles. The number of allylic oxidation sites excluding steroid dienone is 3. The summed E-state index contributed by atoms with van der Waals surface area (Å²) < 4.78 is 31.8. The van der Waals surface area contributed by atoms with E-state index < -0.39 is 16.8 Å². The average molecular weight is 1110 g/mol. The zero-order valence-electron chi connectivity index (χ0n) is 52.4. The van der Waals surface area contributed by atoms with Gasteiger partial charge >= 0.3 is 16.8 Å². The molecule has 76 heavy (non-hydrogen) atoms. The Morgan fingerprint density at radius 3 is 0.947 bits per heavy atom. The van der Waals surface area contributed by atoms with Crippen molar-refractivity contribution in [3.8, 4) is 27.0 Å². The number of aryl methyl sites for hydroxylation is 3. The van der Waals surface area contributed by atoms with Gasteiger partial charge in [-0.1, -0.05) is 197 Å². The van der Waals surface area contributed by atoms with Crippen molar-refractivity contribution in [3.63, 3.8) is 0 Å². The van der Waals surface area contributed by atoms with Gasteiger partial charge in [0.25, 0.3) is 0 Å². The zero-order chi connectivity index (χ0) is 57.4. The monoisotopic (exact) mass is 1100 g/mol. The lowest BCUT2D eigenvalue weighted by Gasteiger charge is -2.39. The van der Waals surface area contributed by atoms with Crippen LogP contribution in [0.2, 0.25) is 0 Å². The highest BCUT2D eigenvalue weighted by molar-refractivity contribution is 7.65. The minimum absolute atomic E-state index is 0.0169. The second-order valence-electron chi connectivity index (χ2n) is 30.3. The molecule has 8 heteroatoms. The largest absolute Gasteiger partial charge is 0.435 e. The maximum atomic E-state index is 7.45. The predicted molar refractivity (Wildman–Crippen MR) is 337 cm³/mol. The lowest BCUT2D eigenvalue weighted by molar-refractivity contribution is 0.231. The van der Waals surface area contributed by atoms with Crippen LogP contribution in [0.15, 0.2) is 84.1 Å². The molecule has 5 aromatic rings. The summed E-state index contributed by atoms with van der Waals surface area (Å²) in [4.78, 5) is 2.31. The van der Waals surface area contributed by atoms with Crippen LogP contribution in [0.1, 0.15) is 223 Å². The average Bonchev–Trinajstić information content (AvgIpc) is 3.91. The second kappa shape index (κ2) is 21.6. The summed E-state index contributed by atoms with van der Waals surface area (Å²) in [6.07, 6.45) is 4.88. The van der Waals surface area contributed by atoms with Gasteiger partial charge in [-0.2, -0.15) is 0 Å². The van der Waals surface area contributed by atoms with Crippen LogP contribution in [0.3, 0.4) is 0 Å². The Labute approximate surface area is 474 Å². The van der Waals surface area contributed by atoms with E-state index >= 15 is 0 Å². The number of hydrogen-bond acceptors (Lipinski definition) is 6. The van der Waals surface area contributed by atoms with Gasteiger partial charge in [0.05, 0.1) is 0 Å². The Kier molecular flexibility index (Phi) is 17.5. The molecule has 0 bridgehead atoms. The fourth-order valence-electron chi connectivity index (χ4n) is 10.7. The van der Waals surface area contributed by atoms with E-state index in [1.807, 2.05) is 0 Å². The van der Waals surface area contributed by atoms with Crippen LogP contribution in [0.5, 0.6) is 17.2 Å². The molecule has 1 aliphatic rings. The lowest BCUT2D eigenvalue weighted by atomic mass is 9.68. The smallest absolute Gasteiger partial charge is 0.336 e. The Hall–Kier alpha value is -3.40. The highest BCUT2D eigenvalue weighted by Gasteiger charge is 2.39. The number of benzene rings is 3. The quantitative estimate of drug-likeness (QED) is 0.124. The zero-order valence-corrected chi connectivity index (χ0v) is 55.8. The minimum atomic E-state index is -1.65. The van der Waals surface area contributed by atoms with E-state index in [-0.39, 0.29) is 43.3 Å². The molecule has 0 radical (unpaired) electrons. The third-order valence-electron chi connectivity index (χ3n) is 14.7. The first kappa shape index (κ1) is 61.8. The van der Waals surface area contributed by atoms with Crippen molar-refractivity contribution in [1.82, 2.24) is 0 Å². The SMILES string of the molecule is Cc1cc(OP(OC2=CC(C)C(C(C)(C)C)C=C2C(C)(C)C)c2ccc(-c3ccc(P(Oc4cc(C)c(C(C)(C)C)cc4C(C)(C)C)Oc4cc(C)c(C(C)(C)C)cc4C(C)(C)C)s3)s2)c(C(C)(C)C)cc1C(C)(C)C. The van der Waals surface area contributed by atoms with Crippen LogP contribution in [0, 0.1) is 43.4 Å². The topological polar surface area (TPSA) is 36.9 Å². The van der Waals surface area contributed by atoms with E-state index in [1.165, 1.54) is 55.6 Å². The molecule has 416 valence electrons. The molecule has 3 unspecified atom stereocenters. The fraction of sp³-hybridized carbons (Fsp3) is 0.559. The molecule has 0 spiro atoms. The van der Waals surface area contributed by atoms with E-state index in [0.29, 0.717) is 11.8 Å². The van der Waals surface area contributed by atoms with Crippen LogP contribution in [0.25, 0.3) is 9.75 Å². The Balaban J connectivity index is 1.51. The van der Waals surface area contributed by atoms with E-state index in [0.717, 1.165) is 42.0 Å². The fourth-order valence-corrected chi connectivity index (χ4v) is 16.1. The first-order valence-electron chi connectivity index (χ1n) is 27.8. The molecule has 0 fully saturated rings. The van der Waals surface area contributed by atoms with Gasteiger partial charge in [-0.25, -0.2) is 0 Å². The second-order valence-corrected chi connectivity index (χ2v) is 35.8. The van der Waals surface area contributed by atoms with E-state index in [4.69, 9.17) is 18.1 Å². The Morgan fingerprint density at radius 1 is 0.368 bits per heavy atom. The summed E-state index contributed by atoms with van der Waals surface area (Å²) in [6.45, 7) is 64.2. The van der Waals surface area contributed by atoms with Gasteiger partial charge in [-0.3, -0.25) is 0 Å². The van der Waals surface area contributed by atoms with Crippen LogP contribution in [0.4, 0.5) is 0 Å². The van der Waals surface area contributed by atoms with Crippen molar-refractivity contribution in [2.24, 2.45) is 22.7 Å². The summed E-state index contributed by atoms with van der Waals surface area (Å²) in [6, 6.07) is 22.9. The molecular formula is C68H98O4P2S2. The van der Waals surface area contributed by atoms with Gasteiger partial charge in [0.1, 0.15) is 32.2 Å². The van der Waals surface area contributed by atoms with Crippen LogP contribution >= 0.6 is 39.4 Å². The van der Waals surface area contributed by atoms with E-state index in [2.05, 4.69) is 267 Å². The molecular weight excluding hydrogens is 1010 g/mol. The maximum Gasteiger partial charge on any atom is 0.336 e. The molecule has 2 heterocycles. The molecule has 0 amide bonds. The Morgan fingerprint density at radius 2 is 0.671 bits per heavy atom. The predicted octanol–water partition coefficient (Wildman–Crippen LogP) is 21.5. The molecule has 0 aliphatic heterocycles. The summed E-state index contributed by atoms with van der Waals surface area (Å²) in [5, 5.41) is 0. The minimum Gasteiger partial charge on any atom is -0.435 e. The molecule has 0 saturated heterocycles. The van der Waals surface area contributed by atoms with Crippen LogP contribution in [-0.4, -0.2) is 0 Å². The third-order valence-corrected chi connectivity index (χ3v) is 20.6. The Bertz CT molecular complexity index is 2880. The standard InChI is InChI=1S/C68H98O4P2S2/c1-41-33-53(49(65(17,18)19)37-45(41)61(5,6)7)69-73(70-54-34-42(2)46(62(8,9)10)38-50(54)66(20,21)22)59-31-29-57(75-59)58-30-32-60(76-58)74(71-55-35-43(3)47(63(11,12)13)39-51(55)67(23,24)25)72-56-36-44(4)48(64(14,15)16)40-52(56)68(26,27)28/h29-41,45H,1-28H3. The van der Waals surface area contributed by atoms with Gasteiger partial charge in [-0.15, -0.1) is 22.7 Å². The molecule has 0 N–H and O–H groups in total. The normalized spacial score (nSPS) is 16.9. The van der Waals surface area contributed by atoms with Gasteiger partial charge in [0.2, 0.25) is 0 Å². The molecule has 1 aliphatic carbocycles. The van der Waals surface area contributed by atoms with Crippen LogP contribution in [-0.2, 0) is 37.0 Å². The van der Waals surface area contributed by atoms with Crippen molar-refractivity contribution < 1.29 is 18.1 Å². The highest BCUT2D eigenvalue weighted by atomic mass is 32.1. The molecule has 2 aromatic heterocycles. The van der Waals surface area contributed by atoms with Gasteiger partial charge in [-0.05, 0) is 163 Å². The molecule has 0 saturated carbocycles. The van der Waals surface area contributed by atoms with Gasteiger partial charge < -0.3 is 18.1 Å². The van der Waals surface area contributed by atoms with Gasteiger partial charge in [0, 0.05) is 26.4 Å². The van der Waals surface area contributed by atoms with E-state index in [1.54, 1.807) is 22.7 Å². The van der Waals surface area contributed by atoms with Crippen LogP contribution < -0.4 is 22.8 Å². The number of rotatable bonds is 11. The maximum absolute atomic E-state index is 7.45. The molecule has 6 rings (SSSR count). The summed E-state index contributed by atoms with van der Waals surface area (Å²) >= 11 is 3.53. The summed E-state index contributed by atoms with van der Waals surface area (Å²) in [5.74, 6) is 4.24. The summed E-state index contributed by atoms with van der Waals surface area (Å²) in [5.41, 5.74) is 11.8. The number of thiophene rings is 2. The first-order valence-corrected chi connectivity index (χ1v) is 31.8.